The Labute approximate surface area is 234 Å². The summed E-state index contributed by atoms with van der Waals surface area (Å²) in [6.07, 6.45) is 1.70. The van der Waals surface area contributed by atoms with E-state index in [9.17, 15) is 9.59 Å². The minimum atomic E-state index is -0.291. The van der Waals surface area contributed by atoms with Gasteiger partial charge in [-0.15, -0.1) is 0 Å². The van der Waals surface area contributed by atoms with E-state index in [4.69, 9.17) is 15.2 Å². The summed E-state index contributed by atoms with van der Waals surface area (Å²) in [6.45, 7) is 4.26. The van der Waals surface area contributed by atoms with Crippen LogP contribution in [0.15, 0.2) is 42.5 Å². The molecule has 10 nitrogen and oxygen atoms in total. The number of amides is 1. The molecule has 0 saturated carbocycles. The lowest BCUT2D eigenvalue weighted by molar-refractivity contribution is -0.139. The van der Waals surface area contributed by atoms with Gasteiger partial charge in [-0.2, -0.15) is 0 Å². The molecule has 2 aromatic carbocycles. The number of nitrogens with zero attached hydrogens (tertiary/aromatic N) is 4. The number of nitrogens with one attached hydrogen (secondary N) is 1. The molecule has 1 amide bonds. The molecule has 0 aliphatic rings. The summed E-state index contributed by atoms with van der Waals surface area (Å²) in [5.74, 6) is 0.851. The maximum absolute atomic E-state index is 13.2. The first kappa shape index (κ1) is 29.0. The van der Waals surface area contributed by atoms with Gasteiger partial charge >= 0.3 is 5.97 Å². The first-order valence-corrected chi connectivity index (χ1v) is 13.5. The number of anilines is 1. The number of aromatic amines is 1. The number of benzene rings is 2. The highest BCUT2D eigenvalue weighted by molar-refractivity contribution is 6.07. The van der Waals surface area contributed by atoms with Gasteiger partial charge in [-0.25, -0.2) is 9.97 Å². The van der Waals surface area contributed by atoms with E-state index in [0.717, 1.165) is 46.0 Å². The number of fused-ring (bicyclic) bond motifs is 3. The molecular formula is C30H38N6O4. The second-order valence-corrected chi connectivity index (χ2v) is 10.1. The molecule has 3 N–H and O–H groups in total. The number of methoxy groups -OCH3 is 1. The van der Waals surface area contributed by atoms with Crippen molar-refractivity contribution >= 4 is 39.6 Å². The highest BCUT2D eigenvalue weighted by Gasteiger charge is 2.18. The summed E-state index contributed by atoms with van der Waals surface area (Å²) in [5, 5.41) is 0.989. The van der Waals surface area contributed by atoms with Crippen molar-refractivity contribution in [2.75, 3.05) is 46.6 Å². The monoisotopic (exact) mass is 546 g/mol. The Kier molecular flexibility index (Phi) is 9.68. The van der Waals surface area contributed by atoms with E-state index >= 15 is 0 Å². The number of nitrogen functional groups attached to an aromatic ring is 1. The van der Waals surface area contributed by atoms with Crippen LogP contribution in [-0.2, 0) is 45.1 Å². The number of aromatic nitrogens is 3. The summed E-state index contributed by atoms with van der Waals surface area (Å²) in [4.78, 5) is 41.3. The number of hydrogen-bond acceptors (Lipinski definition) is 8. The van der Waals surface area contributed by atoms with Crippen molar-refractivity contribution in [1.29, 1.82) is 0 Å². The number of rotatable bonds is 13. The van der Waals surface area contributed by atoms with Gasteiger partial charge < -0.3 is 30.0 Å². The normalized spacial score (nSPS) is 11.4. The minimum absolute atomic E-state index is 0.0484. The Balaban J connectivity index is 1.55. The number of esters is 1. The van der Waals surface area contributed by atoms with Crippen molar-refractivity contribution in [3.63, 3.8) is 0 Å². The van der Waals surface area contributed by atoms with Gasteiger partial charge in [0.25, 0.3) is 0 Å². The second kappa shape index (κ2) is 13.4. The van der Waals surface area contributed by atoms with Crippen LogP contribution >= 0.6 is 0 Å². The fourth-order valence-corrected chi connectivity index (χ4v) is 4.84. The van der Waals surface area contributed by atoms with E-state index in [0.29, 0.717) is 50.0 Å². The van der Waals surface area contributed by atoms with Crippen LogP contribution in [0.2, 0.25) is 0 Å². The number of hydrogen-bond donors (Lipinski definition) is 2. The lowest BCUT2D eigenvalue weighted by atomic mass is 10.0. The van der Waals surface area contributed by atoms with Crippen LogP contribution in [0.25, 0.3) is 21.9 Å². The molecule has 4 rings (SSSR count). The Morgan fingerprint density at radius 3 is 2.60 bits per heavy atom. The number of ether oxygens (including phenoxy) is 2. The molecule has 2 aromatic heterocycles. The topological polar surface area (TPSA) is 127 Å². The lowest BCUT2D eigenvalue weighted by Crippen LogP contribution is -2.38. The molecule has 0 atom stereocenters. The molecule has 2 heterocycles. The molecule has 0 aliphatic heterocycles. The van der Waals surface area contributed by atoms with Crippen LogP contribution in [0.3, 0.4) is 0 Å². The molecule has 10 heteroatoms. The van der Waals surface area contributed by atoms with E-state index in [1.54, 1.807) is 0 Å². The quantitative estimate of drug-likeness (QED) is 0.244. The first-order valence-electron chi connectivity index (χ1n) is 13.5. The zero-order valence-corrected chi connectivity index (χ0v) is 23.7. The van der Waals surface area contributed by atoms with E-state index in [2.05, 4.69) is 21.0 Å². The Bertz CT molecular complexity index is 1480. The van der Waals surface area contributed by atoms with Crippen molar-refractivity contribution in [1.82, 2.24) is 24.8 Å². The smallest absolute Gasteiger partial charge is 0.309 e. The average Bonchev–Trinajstić information content (AvgIpc) is 3.36. The number of H-pyrrole nitrogens is 1. The first-order chi connectivity index (χ1) is 19.3. The second-order valence-electron chi connectivity index (χ2n) is 10.1. The van der Waals surface area contributed by atoms with Crippen molar-refractivity contribution < 1.29 is 19.1 Å². The third-order valence-electron chi connectivity index (χ3n) is 6.68. The highest BCUT2D eigenvalue weighted by Crippen LogP contribution is 2.30. The summed E-state index contributed by atoms with van der Waals surface area (Å²) in [6, 6.07) is 13.8. The minimum Gasteiger partial charge on any atom is -0.469 e. The Hall–Kier alpha value is -4.02. The number of carbonyl (C=O) groups is 2. The van der Waals surface area contributed by atoms with Crippen LogP contribution in [0.5, 0.6) is 0 Å². The largest absolute Gasteiger partial charge is 0.469 e. The Morgan fingerprint density at radius 1 is 1.07 bits per heavy atom. The SMILES string of the molecule is CCOCc1nc2c(N)nc3cccc(CCCN(Cc4cccc(CC(=O)OC)c4)C(=O)CN(C)C)c3c2[nH]1. The predicted octanol–water partition coefficient (Wildman–Crippen LogP) is 3.47. The van der Waals surface area contributed by atoms with Gasteiger partial charge in [0.15, 0.2) is 5.82 Å². The van der Waals surface area contributed by atoms with Gasteiger partial charge in [0, 0.05) is 25.1 Å². The lowest BCUT2D eigenvalue weighted by Gasteiger charge is -2.25. The molecule has 40 heavy (non-hydrogen) atoms. The van der Waals surface area contributed by atoms with Gasteiger partial charge in [-0.05, 0) is 56.6 Å². The zero-order chi connectivity index (χ0) is 28.6. The van der Waals surface area contributed by atoms with E-state index in [1.807, 2.05) is 67.2 Å². The summed E-state index contributed by atoms with van der Waals surface area (Å²) in [5.41, 5.74) is 11.5. The van der Waals surface area contributed by atoms with Crippen LogP contribution in [-0.4, -0.2) is 77.5 Å². The third-order valence-corrected chi connectivity index (χ3v) is 6.68. The van der Waals surface area contributed by atoms with Gasteiger partial charge in [0.1, 0.15) is 17.9 Å². The van der Waals surface area contributed by atoms with Crippen molar-refractivity contribution in [2.45, 2.75) is 39.3 Å². The van der Waals surface area contributed by atoms with Crippen LogP contribution < -0.4 is 5.73 Å². The van der Waals surface area contributed by atoms with Gasteiger partial charge in [-0.1, -0.05) is 36.4 Å². The van der Waals surface area contributed by atoms with Crippen molar-refractivity contribution in [3.8, 4) is 0 Å². The van der Waals surface area contributed by atoms with E-state index in [1.165, 1.54) is 7.11 Å². The summed E-state index contributed by atoms with van der Waals surface area (Å²) < 4.78 is 10.3. The third kappa shape index (κ3) is 7.13. The fraction of sp³-hybridized carbons (Fsp3) is 0.400. The van der Waals surface area contributed by atoms with Gasteiger partial charge in [0.2, 0.25) is 5.91 Å². The van der Waals surface area contributed by atoms with Gasteiger partial charge in [-0.3, -0.25) is 9.59 Å². The molecule has 0 bridgehead atoms. The molecule has 0 spiro atoms. The fourth-order valence-electron chi connectivity index (χ4n) is 4.84. The van der Waals surface area contributed by atoms with E-state index < -0.39 is 0 Å². The summed E-state index contributed by atoms with van der Waals surface area (Å²) in [7, 11) is 5.15. The Morgan fingerprint density at radius 2 is 1.85 bits per heavy atom. The van der Waals surface area contributed by atoms with Crippen LogP contribution in [0.1, 0.15) is 35.9 Å². The van der Waals surface area contributed by atoms with Gasteiger partial charge in [0.05, 0.1) is 31.1 Å². The number of aryl methyl sites for hydroxylation is 1. The van der Waals surface area contributed by atoms with E-state index in [-0.39, 0.29) is 18.3 Å². The maximum atomic E-state index is 13.2. The average molecular weight is 547 g/mol. The molecular weight excluding hydrogens is 508 g/mol. The number of imidazole rings is 1. The standard InChI is InChI=1S/C30H38N6O4/c1-5-40-19-24-33-28-27-22(11-7-13-23(27)32-30(31)29(28)34-24)12-8-14-36(25(37)18-35(2)3)17-21-10-6-9-20(15-21)16-26(38)39-4/h6-7,9-11,13,15H,5,8,12,14,16-19H2,1-4H3,(H2,31,32)(H,33,34). The summed E-state index contributed by atoms with van der Waals surface area (Å²) >= 11 is 0. The number of carbonyl (C=O) groups excluding carboxylic acids is 2. The number of pyridine rings is 1. The van der Waals surface area contributed by atoms with Crippen molar-refractivity contribution in [2.24, 2.45) is 0 Å². The van der Waals surface area contributed by atoms with Crippen molar-refractivity contribution in [3.05, 3.63) is 65.0 Å². The molecule has 0 aliphatic carbocycles. The molecule has 0 unspecified atom stereocenters. The molecule has 0 saturated heterocycles. The number of likely N-dealkylation sites (N-methyl/N-ethyl adjacent to an activating group) is 1. The zero-order valence-electron chi connectivity index (χ0n) is 23.7. The predicted molar refractivity (Wildman–Crippen MR) is 156 cm³/mol. The maximum Gasteiger partial charge on any atom is 0.309 e. The molecule has 0 radical (unpaired) electrons. The van der Waals surface area contributed by atoms with Crippen LogP contribution in [0, 0.1) is 0 Å². The molecule has 0 fully saturated rings. The number of nitrogens with two attached hydrogens (primary N) is 1. The molecule has 4 aromatic rings. The molecule has 212 valence electrons. The highest BCUT2D eigenvalue weighted by atomic mass is 16.5. The van der Waals surface area contributed by atoms with Crippen LogP contribution in [0.4, 0.5) is 5.82 Å².